The Kier molecular flexibility index (Phi) is 4.81. The van der Waals surface area contributed by atoms with Crippen LogP contribution < -0.4 is 0 Å². The SMILES string of the molecule is CCN(Cc1cnn(C)c1)S(=O)(=O)c1cccc(C(F)(F)F)c1. The zero-order valence-corrected chi connectivity index (χ0v) is 13.4. The molecule has 9 heteroatoms. The summed E-state index contributed by atoms with van der Waals surface area (Å²) >= 11 is 0. The van der Waals surface area contributed by atoms with Gasteiger partial charge in [-0.25, -0.2) is 8.42 Å². The number of alkyl halides is 3. The van der Waals surface area contributed by atoms with Crippen molar-refractivity contribution in [1.82, 2.24) is 14.1 Å². The summed E-state index contributed by atoms with van der Waals surface area (Å²) in [7, 11) is -2.33. The Morgan fingerprint density at radius 1 is 1.30 bits per heavy atom. The zero-order valence-electron chi connectivity index (χ0n) is 12.6. The molecule has 0 aliphatic carbocycles. The van der Waals surface area contributed by atoms with Crippen molar-refractivity contribution in [1.29, 1.82) is 0 Å². The first-order valence-electron chi connectivity index (χ1n) is 6.79. The molecule has 126 valence electrons. The van der Waals surface area contributed by atoms with Gasteiger partial charge in [0.15, 0.2) is 0 Å². The van der Waals surface area contributed by atoms with Crippen molar-refractivity contribution in [3.05, 3.63) is 47.8 Å². The van der Waals surface area contributed by atoms with E-state index in [-0.39, 0.29) is 18.0 Å². The van der Waals surface area contributed by atoms with Crippen molar-refractivity contribution in [2.24, 2.45) is 7.05 Å². The maximum absolute atomic E-state index is 12.8. The highest BCUT2D eigenvalue weighted by Gasteiger charge is 2.32. The van der Waals surface area contributed by atoms with Gasteiger partial charge in [-0.15, -0.1) is 0 Å². The second-order valence-electron chi connectivity index (χ2n) is 4.98. The highest BCUT2D eigenvalue weighted by atomic mass is 32.2. The summed E-state index contributed by atoms with van der Waals surface area (Å²) in [6, 6.07) is 3.75. The molecule has 2 aromatic rings. The number of aryl methyl sites for hydroxylation is 1. The predicted molar refractivity (Wildman–Crippen MR) is 77.9 cm³/mol. The first-order chi connectivity index (χ1) is 10.6. The Labute approximate surface area is 132 Å². The normalized spacial score (nSPS) is 12.8. The van der Waals surface area contributed by atoms with Gasteiger partial charge in [0.25, 0.3) is 0 Å². The summed E-state index contributed by atoms with van der Waals surface area (Å²) in [6.07, 6.45) is -1.42. The predicted octanol–water partition coefficient (Wildman–Crippen LogP) is 2.65. The van der Waals surface area contributed by atoms with E-state index in [1.807, 2.05) is 0 Å². The van der Waals surface area contributed by atoms with Crippen LogP contribution in [0.3, 0.4) is 0 Å². The standard InChI is InChI=1S/C14H16F3N3O2S/c1-3-20(10-11-8-18-19(2)9-11)23(21,22)13-6-4-5-12(7-13)14(15,16)17/h4-9H,3,10H2,1-2H3. The lowest BCUT2D eigenvalue weighted by Gasteiger charge is -2.20. The molecule has 0 amide bonds. The molecule has 0 spiro atoms. The van der Waals surface area contributed by atoms with Crippen molar-refractivity contribution < 1.29 is 21.6 Å². The average Bonchev–Trinajstić information content (AvgIpc) is 2.89. The third kappa shape index (κ3) is 3.91. The molecule has 0 aliphatic rings. The van der Waals surface area contributed by atoms with Crippen molar-refractivity contribution >= 4 is 10.0 Å². The number of benzene rings is 1. The minimum atomic E-state index is -4.59. The molecule has 2 rings (SSSR count). The van der Waals surface area contributed by atoms with Gasteiger partial charge < -0.3 is 0 Å². The van der Waals surface area contributed by atoms with Gasteiger partial charge in [-0.05, 0) is 18.2 Å². The maximum Gasteiger partial charge on any atom is 0.416 e. The minimum absolute atomic E-state index is 0.0446. The fourth-order valence-corrected chi connectivity index (χ4v) is 3.59. The molecule has 0 unspecified atom stereocenters. The molecular formula is C14H16F3N3O2S. The van der Waals surface area contributed by atoms with Gasteiger partial charge in [-0.1, -0.05) is 13.0 Å². The van der Waals surface area contributed by atoms with Crippen molar-refractivity contribution in [2.45, 2.75) is 24.5 Å². The Morgan fingerprint density at radius 2 is 2.00 bits per heavy atom. The number of aromatic nitrogens is 2. The number of sulfonamides is 1. The van der Waals surface area contributed by atoms with Crippen LogP contribution in [0.2, 0.25) is 0 Å². The van der Waals surface area contributed by atoms with Crippen LogP contribution in [0.1, 0.15) is 18.1 Å². The molecule has 0 radical (unpaired) electrons. The van der Waals surface area contributed by atoms with Gasteiger partial charge in [-0.2, -0.15) is 22.6 Å². The summed E-state index contributed by atoms with van der Waals surface area (Å²) in [5, 5.41) is 3.95. The molecule has 0 aliphatic heterocycles. The van der Waals surface area contributed by atoms with E-state index in [1.54, 1.807) is 20.2 Å². The van der Waals surface area contributed by atoms with Crippen LogP contribution in [0, 0.1) is 0 Å². The fraction of sp³-hybridized carbons (Fsp3) is 0.357. The summed E-state index contributed by atoms with van der Waals surface area (Å²) < 4.78 is 66.1. The molecule has 0 N–H and O–H groups in total. The zero-order chi connectivity index (χ0) is 17.3. The van der Waals surface area contributed by atoms with Crippen molar-refractivity contribution in [2.75, 3.05) is 6.54 Å². The van der Waals surface area contributed by atoms with Crippen molar-refractivity contribution in [3.63, 3.8) is 0 Å². The highest BCUT2D eigenvalue weighted by molar-refractivity contribution is 7.89. The van der Waals surface area contributed by atoms with Gasteiger partial charge in [0.05, 0.1) is 16.7 Å². The van der Waals surface area contributed by atoms with E-state index in [2.05, 4.69) is 5.10 Å². The third-order valence-electron chi connectivity index (χ3n) is 3.27. The summed E-state index contributed by atoms with van der Waals surface area (Å²) in [6.45, 7) is 1.80. The van der Waals surface area contributed by atoms with E-state index in [0.717, 1.165) is 22.5 Å². The monoisotopic (exact) mass is 347 g/mol. The van der Waals surface area contributed by atoms with Gasteiger partial charge in [-0.3, -0.25) is 4.68 Å². The van der Waals surface area contributed by atoms with E-state index < -0.39 is 21.8 Å². The summed E-state index contributed by atoms with van der Waals surface area (Å²) in [4.78, 5) is -0.377. The van der Waals surface area contributed by atoms with Gasteiger partial charge >= 0.3 is 6.18 Å². The van der Waals surface area contributed by atoms with E-state index in [1.165, 1.54) is 10.9 Å². The van der Waals surface area contributed by atoms with Gasteiger partial charge in [0.1, 0.15) is 0 Å². The number of rotatable bonds is 5. The van der Waals surface area contributed by atoms with Gasteiger partial charge in [0, 0.05) is 31.9 Å². The van der Waals surface area contributed by atoms with Gasteiger partial charge in [0.2, 0.25) is 10.0 Å². The lowest BCUT2D eigenvalue weighted by Crippen LogP contribution is -2.30. The second kappa shape index (κ2) is 6.32. The number of nitrogens with zero attached hydrogens (tertiary/aromatic N) is 3. The number of halogens is 3. The lowest BCUT2D eigenvalue weighted by molar-refractivity contribution is -0.137. The van der Waals surface area contributed by atoms with Crippen LogP contribution in [-0.2, 0) is 29.8 Å². The van der Waals surface area contributed by atoms with E-state index in [0.29, 0.717) is 11.6 Å². The van der Waals surface area contributed by atoms with Crippen LogP contribution in [0.5, 0.6) is 0 Å². The first-order valence-corrected chi connectivity index (χ1v) is 8.23. The van der Waals surface area contributed by atoms with E-state index >= 15 is 0 Å². The molecule has 0 atom stereocenters. The number of hydrogen-bond donors (Lipinski definition) is 0. The van der Waals surface area contributed by atoms with Crippen LogP contribution in [0.4, 0.5) is 13.2 Å². The molecule has 1 heterocycles. The smallest absolute Gasteiger partial charge is 0.275 e. The molecule has 1 aromatic heterocycles. The van der Waals surface area contributed by atoms with Crippen LogP contribution >= 0.6 is 0 Å². The molecule has 0 saturated heterocycles. The molecule has 5 nitrogen and oxygen atoms in total. The topological polar surface area (TPSA) is 55.2 Å². The largest absolute Gasteiger partial charge is 0.416 e. The molecule has 23 heavy (non-hydrogen) atoms. The highest BCUT2D eigenvalue weighted by Crippen LogP contribution is 2.31. The Morgan fingerprint density at radius 3 is 2.52 bits per heavy atom. The average molecular weight is 347 g/mol. The molecule has 0 bridgehead atoms. The Bertz CT molecular complexity index is 785. The lowest BCUT2D eigenvalue weighted by atomic mass is 10.2. The molecule has 0 fully saturated rings. The molecule has 1 aromatic carbocycles. The minimum Gasteiger partial charge on any atom is -0.275 e. The fourth-order valence-electron chi connectivity index (χ4n) is 2.11. The molecular weight excluding hydrogens is 331 g/mol. The second-order valence-corrected chi connectivity index (χ2v) is 6.92. The Hall–Kier alpha value is -1.87. The Balaban J connectivity index is 2.35. The summed E-state index contributed by atoms with van der Waals surface area (Å²) in [5.74, 6) is 0. The van der Waals surface area contributed by atoms with Crippen LogP contribution in [0.25, 0.3) is 0 Å². The van der Waals surface area contributed by atoms with E-state index in [4.69, 9.17) is 0 Å². The van der Waals surface area contributed by atoms with E-state index in [9.17, 15) is 21.6 Å². The third-order valence-corrected chi connectivity index (χ3v) is 5.19. The van der Waals surface area contributed by atoms with Crippen molar-refractivity contribution in [3.8, 4) is 0 Å². The maximum atomic E-state index is 12.8. The molecule has 0 saturated carbocycles. The van der Waals surface area contributed by atoms with Crippen LogP contribution in [-0.4, -0.2) is 29.0 Å². The summed E-state index contributed by atoms with van der Waals surface area (Å²) in [5.41, 5.74) is -0.332. The quantitative estimate of drug-likeness (QED) is 0.836. The number of hydrogen-bond acceptors (Lipinski definition) is 3. The van der Waals surface area contributed by atoms with Crippen LogP contribution in [0.15, 0.2) is 41.6 Å². The first kappa shape index (κ1) is 17.5.